The molecule has 2 heterocycles. The van der Waals surface area contributed by atoms with Gasteiger partial charge in [0, 0.05) is 6.54 Å². The van der Waals surface area contributed by atoms with Gasteiger partial charge in [-0.15, -0.1) is 0 Å². The van der Waals surface area contributed by atoms with Crippen LogP contribution in [0.4, 0.5) is 19.1 Å². The SMILES string of the molecule is CC(C)Oc1ccc(CNc2nc3c(cnn3C(C)(C)C)c(=O)[nH]2)c(C(F)(F)F)c1. The van der Waals surface area contributed by atoms with E-state index in [1.165, 1.54) is 18.3 Å². The van der Waals surface area contributed by atoms with Crippen LogP contribution in [0.3, 0.4) is 0 Å². The molecule has 162 valence electrons. The van der Waals surface area contributed by atoms with Crippen molar-refractivity contribution in [2.75, 3.05) is 5.32 Å². The van der Waals surface area contributed by atoms with Gasteiger partial charge in [-0.1, -0.05) is 6.07 Å². The Morgan fingerprint density at radius 2 is 1.93 bits per heavy atom. The summed E-state index contributed by atoms with van der Waals surface area (Å²) in [7, 11) is 0. The molecule has 10 heteroatoms. The van der Waals surface area contributed by atoms with Crippen LogP contribution in [-0.4, -0.2) is 25.9 Å². The number of H-pyrrole nitrogens is 1. The molecule has 2 aromatic heterocycles. The molecule has 7 nitrogen and oxygen atoms in total. The zero-order valence-corrected chi connectivity index (χ0v) is 17.4. The smallest absolute Gasteiger partial charge is 0.416 e. The van der Waals surface area contributed by atoms with Gasteiger partial charge in [-0.2, -0.15) is 23.3 Å². The van der Waals surface area contributed by atoms with Crippen LogP contribution in [0, 0.1) is 0 Å². The summed E-state index contributed by atoms with van der Waals surface area (Å²) in [5.41, 5.74) is -1.29. The number of aromatic nitrogens is 4. The predicted octanol–water partition coefficient (Wildman–Crippen LogP) is 4.29. The number of benzene rings is 1. The van der Waals surface area contributed by atoms with Gasteiger partial charge < -0.3 is 10.1 Å². The average molecular weight is 423 g/mol. The number of rotatable bonds is 5. The lowest BCUT2D eigenvalue weighted by atomic mass is 10.1. The van der Waals surface area contributed by atoms with Crippen LogP contribution in [0.25, 0.3) is 11.0 Å². The summed E-state index contributed by atoms with van der Waals surface area (Å²) in [6, 6.07) is 3.81. The Kier molecular flexibility index (Phi) is 5.53. The van der Waals surface area contributed by atoms with Gasteiger partial charge in [-0.05, 0) is 52.3 Å². The summed E-state index contributed by atoms with van der Waals surface area (Å²) in [4.78, 5) is 19.2. The van der Waals surface area contributed by atoms with E-state index in [1.807, 2.05) is 20.8 Å². The summed E-state index contributed by atoms with van der Waals surface area (Å²) >= 11 is 0. The van der Waals surface area contributed by atoms with Crippen molar-refractivity contribution in [3.63, 3.8) is 0 Å². The summed E-state index contributed by atoms with van der Waals surface area (Å²) in [6.07, 6.45) is -3.38. The Bertz CT molecular complexity index is 1110. The molecule has 2 N–H and O–H groups in total. The first-order valence-electron chi connectivity index (χ1n) is 9.45. The fourth-order valence-corrected chi connectivity index (χ4v) is 2.99. The van der Waals surface area contributed by atoms with Gasteiger partial charge >= 0.3 is 6.18 Å². The molecular weight excluding hydrogens is 399 g/mol. The second-order valence-electron chi connectivity index (χ2n) is 8.22. The number of nitrogens with one attached hydrogen (secondary N) is 2. The van der Waals surface area contributed by atoms with E-state index in [-0.39, 0.29) is 29.9 Å². The second-order valence-corrected chi connectivity index (χ2v) is 8.22. The first kappa shape index (κ1) is 21.7. The Balaban J connectivity index is 1.93. The molecule has 3 rings (SSSR count). The van der Waals surface area contributed by atoms with Crippen LogP contribution in [0.5, 0.6) is 5.75 Å². The number of alkyl halides is 3. The average Bonchev–Trinajstić information content (AvgIpc) is 3.04. The van der Waals surface area contributed by atoms with Gasteiger partial charge in [0.1, 0.15) is 11.1 Å². The molecule has 0 aliphatic heterocycles. The normalized spacial score (nSPS) is 12.6. The molecule has 0 aliphatic rings. The zero-order valence-electron chi connectivity index (χ0n) is 17.4. The third-order valence-electron chi connectivity index (χ3n) is 4.28. The van der Waals surface area contributed by atoms with Crippen LogP contribution in [0.1, 0.15) is 45.7 Å². The summed E-state index contributed by atoms with van der Waals surface area (Å²) in [5, 5.41) is 7.30. The van der Waals surface area contributed by atoms with Crippen molar-refractivity contribution in [1.29, 1.82) is 0 Å². The minimum atomic E-state index is -4.55. The molecule has 0 amide bonds. The summed E-state index contributed by atoms with van der Waals surface area (Å²) in [5.74, 6) is 0.206. The Morgan fingerprint density at radius 1 is 1.23 bits per heavy atom. The molecule has 0 atom stereocenters. The second kappa shape index (κ2) is 7.66. The van der Waals surface area contributed by atoms with E-state index in [4.69, 9.17) is 4.74 Å². The van der Waals surface area contributed by atoms with Crippen molar-refractivity contribution in [2.45, 2.75) is 59.0 Å². The fraction of sp³-hybridized carbons (Fsp3) is 0.450. The molecule has 0 radical (unpaired) electrons. The number of ether oxygens (including phenoxy) is 1. The van der Waals surface area contributed by atoms with Gasteiger partial charge in [-0.25, -0.2) is 4.68 Å². The summed E-state index contributed by atoms with van der Waals surface area (Å²) < 4.78 is 47.6. The van der Waals surface area contributed by atoms with Gasteiger partial charge in [0.15, 0.2) is 5.65 Å². The quantitative estimate of drug-likeness (QED) is 0.640. The van der Waals surface area contributed by atoms with E-state index in [1.54, 1.807) is 18.5 Å². The molecule has 1 aromatic carbocycles. The number of aromatic amines is 1. The highest BCUT2D eigenvalue weighted by Crippen LogP contribution is 2.35. The predicted molar refractivity (Wildman–Crippen MR) is 108 cm³/mol. The molecule has 0 fully saturated rings. The monoisotopic (exact) mass is 423 g/mol. The van der Waals surface area contributed by atoms with Crippen LogP contribution in [0.15, 0.2) is 29.2 Å². The third kappa shape index (κ3) is 4.58. The van der Waals surface area contributed by atoms with Crippen molar-refractivity contribution in [1.82, 2.24) is 19.7 Å². The van der Waals surface area contributed by atoms with Crippen LogP contribution >= 0.6 is 0 Å². The number of nitrogens with zero attached hydrogens (tertiary/aromatic N) is 3. The lowest BCUT2D eigenvalue weighted by Gasteiger charge is -2.20. The first-order valence-corrected chi connectivity index (χ1v) is 9.45. The summed E-state index contributed by atoms with van der Waals surface area (Å²) in [6.45, 7) is 9.02. The molecule has 0 saturated heterocycles. The standard InChI is InChI=1S/C20H24F3N5O2/c1-11(2)30-13-7-6-12(15(8-13)20(21,22)23)9-24-18-26-16-14(17(29)27-18)10-25-28(16)19(3,4)5/h6-8,10-11H,9H2,1-5H3,(H2,24,26,27,29). The molecule has 30 heavy (non-hydrogen) atoms. The van der Waals surface area contributed by atoms with Crippen molar-refractivity contribution < 1.29 is 17.9 Å². The highest BCUT2D eigenvalue weighted by atomic mass is 19.4. The van der Waals surface area contributed by atoms with E-state index in [0.29, 0.717) is 11.0 Å². The minimum Gasteiger partial charge on any atom is -0.491 e. The molecule has 3 aromatic rings. The lowest BCUT2D eigenvalue weighted by molar-refractivity contribution is -0.138. The van der Waals surface area contributed by atoms with Crippen molar-refractivity contribution in [3.05, 3.63) is 45.9 Å². The molecule has 0 spiro atoms. The van der Waals surface area contributed by atoms with Crippen LogP contribution < -0.4 is 15.6 Å². The fourth-order valence-electron chi connectivity index (χ4n) is 2.99. The number of hydrogen-bond donors (Lipinski definition) is 2. The van der Waals surface area contributed by atoms with E-state index >= 15 is 0 Å². The van der Waals surface area contributed by atoms with E-state index in [2.05, 4.69) is 20.4 Å². The maximum atomic E-state index is 13.5. The van der Waals surface area contributed by atoms with Gasteiger partial charge in [0.2, 0.25) is 5.95 Å². The van der Waals surface area contributed by atoms with Gasteiger partial charge in [-0.3, -0.25) is 9.78 Å². The van der Waals surface area contributed by atoms with E-state index in [0.717, 1.165) is 6.07 Å². The highest BCUT2D eigenvalue weighted by Gasteiger charge is 2.34. The number of hydrogen-bond acceptors (Lipinski definition) is 5. The van der Waals surface area contributed by atoms with E-state index in [9.17, 15) is 18.0 Å². The van der Waals surface area contributed by atoms with Crippen LogP contribution in [-0.2, 0) is 18.3 Å². The maximum absolute atomic E-state index is 13.5. The van der Waals surface area contributed by atoms with Gasteiger partial charge in [0.25, 0.3) is 5.56 Å². The van der Waals surface area contributed by atoms with Gasteiger partial charge in [0.05, 0.1) is 23.4 Å². The molecule has 0 aliphatic carbocycles. The topological polar surface area (TPSA) is 84.8 Å². The van der Waals surface area contributed by atoms with Crippen molar-refractivity contribution in [3.8, 4) is 5.75 Å². The number of fused-ring (bicyclic) bond motifs is 1. The van der Waals surface area contributed by atoms with Crippen molar-refractivity contribution in [2.24, 2.45) is 0 Å². The molecule has 0 bridgehead atoms. The Morgan fingerprint density at radius 3 is 2.53 bits per heavy atom. The highest BCUT2D eigenvalue weighted by molar-refractivity contribution is 5.74. The maximum Gasteiger partial charge on any atom is 0.416 e. The Labute approximate surface area is 171 Å². The zero-order chi connectivity index (χ0) is 22.3. The van der Waals surface area contributed by atoms with Crippen molar-refractivity contribution >= 4 is 17.0 Å². The molecule has 0 saturated carbocycles. The van der Waals surface area contributed by atoms with Crippen LogP contribution in [0.2, 0.25) is 0 Å². The number of anilines is 1. The third-order valence-corrected chi connectivity index (χ3v) is 4.28. The largest absolute Gasteiger partial charge is 0.491 e. The molecular formula is C20H24F3N5O2. The minimum absolute atomic E-state index is 0.00526. The number of halogens is 3. The first-order chi connectivity index (χ1) is 13.9. The molecule has 0 unspecified atom stereocenters. The lowest BCUT2D eigenvalue weighted by Crippen LogP contribution is -2.24. The Hall–Kier alpha value is -3.04. The van der Waals surface area contributed by atoms with E-state index < -0.39 is 22.8 Å².